The van der Waals surface area contributed by atoms with Gasteiger partial charge in [0.25, 0.3) is 0 Å². The maximum atomic E-state index is 13.9. The molecule has 33 heavy (non-hydrogen) atoms. The third-order valence-electron chi connectivity index (χ3n) is 7.24. The lowest BCUT2D eigenvalue weighted by Crippen LogP contribution is -2.46. The Morgan fingerprint density at radius 2 is 1.85 bits per heavy atom. The topological polar surface area (TPSA) is 64.9 Å². The molecule has 5 atom stereocenters. The van der Waals surface area contributed by atoms with E-state index in [2.05, 4.69) is 26.4 Å². The SMILES string of the molecule is Cc1cc(C)nc(N2C[C@H]3CN(C(=O)C4C(C5CC=CS5)=NN5C=C(F)C=CC45)C[C@H]3C2)n1. The summed E-state index contributed by atoms with van der Waals surface area (Å²) in [6.07, 6.45) is 7.63. The Labute approximate surface area is 197 Å². The lowest BCUT2D eigenvalue weighted by Gasteiger charge is -2.29. The van der Waals surface area contributed by atoms with Crippen LogP contribution >= 0.6 is 11.8 Å². The van der Waals surface area contributed by atoms with Crippen LogP contribution in [-0.4, -0.2) is 69.0 Å². The zero-order valence-electron chi connectivity index (χ0n) is 18.8. The van der Waals surface area contributed by atoms with Gasteiger partial charge in [-0.25, -0.2) is 14.4 Å². The molecular formula is C24H27FN6OS. The molecule has 2 fully saturated rings. The Bertz CT molecular complexity index is 1070. The van der Waals surface area contributed by atoms with Crippen LogP contribution in [0.4, 0.5) is 10.3 Å². The molecule has 9 heteroatoms. The predicted molar refractivity (Wildman–Crippen MR) is 127 cm³/mol. The summed E-state index contributed by atoms with van der Waals surface area (Å²) >= 11 is 1.70. The van der Waals surface area contributed by atoms with Crippen molar-refractivity contribution in [2.45, 2.75) is 31.6 Å². The number of thioether (sulfide) groups is 1. The van der Waals surface area contributed by atoms with Crippen LogP contribution in [0.25, 0.3) is 0 Å². The van der Waals surface area contributed by atoms with Crippen molar-refractivity contribution in [3.05, 3.63) is 53.1 Å². The Morgan fingerprint density at radius 3 is 2.52 bits per heavy atom. The Balaban J connectivity index is 1.18. The van der Waals surface area contributed by atoms with E-state index in [0.29, 0.717) is 11.8 Å². The first kappa shape index (κ1) is 20.9. The number of halogens is 1. The van der Waals surface area contributed by atoms with Crippen LogP contribution < -0.4 is 4.90 Å². The van der Waals surface area contributed by atoms with Gasteiger partial charge in [-0.15, -0.1) is 11.8 Å². The second-order valence-electron chi connectivity index (χ2n) is 9.60. The highest BCUT2D eigenvalue weighted by atomic mass is 32.2. The predicted octanol–water partition coefficient (Wildman–Crippen LogP) is 3.04. The molecule has 0 radical (unpaired) electrons. The number of amides is 1. The molecule has 0 aliphatic carbocycles. The van der Waals surface area contributed by atoms with E-state index in [0.717, 1.165) is 55.6 Å². The van der Waals surface area contributed by atoms with E-state index in [-0.39, 0.29) is 28.9 Å². The molecule has 3 unspecified atom stereocenters. The fourth-order valence-corrected chi connectivity index (χ4v) is 6.73. The number of aromatic nitrogens is 2. The number of rotatable bonds is 3. The number of hydrogen-bond donors (Lipinski definition) is 0. The smallest absolute Gasteiger partial charge is 0.234 e. The van der Waals surface area contributed by atoms with Gasteiger partial charge < -0.3 is 9.80 Å². The molecule has 5 aliphatic rings. The van der Waals surface area contributed by atoms with Crippen LogP contribution in [0.3, 0.4) is 0 Å². The van der Waals surface area contributed by atoms with Crippen LogP contribution in [0.1, 0.15) is 17.8 Å². The van der Waals surface area contributed by atoms with Gasteiger partial charge in [0.15, 0.2) is 0 Å². The van der Waals surface area contributed by atoms with Gasteiger partial charge in [-0.05, 0) is 37.8 Å². The number of likely N-dealkylation sites (tertiary alicyclic amines) is 1. The van der Waals surface area contributed by atoms with Crippen LogP contribution in [0.15, 0.2) is 46.8 Å². The fraction of sp³-hybridized carbons (Fsp3) is 0.500. The molecule has 7 nitrogen and oxygen atoms in total. The largest absolute Gasteiger partial charge is 0.341 e. The van der Waals surface area contributed by atoms with E-state index >= 15 is 0 Å². The number of hydrogen-bond acceptors (Lipinski definition) is 7. The molecular weight excluding hydrogens is 439 g/mol. The van der Waals surface area contributed by atoms with E-state index < -0.39 is 0 Å². The highest BCUT2D eigenvalue weighted by Crippen LogP contribution is 2.39. The lowest BCUT2D eigenvalue weighted by molar-refractivity contribution is -0.133. The molecule has 2 saturated heterocycles. The number of hydrazone groups is 1. The van der Waals surface area contributed by atoms with Gasteiger partial charge in [-0.2, -0.15) is 5.10 Å². The fourth-order valence-electron chi connectivity index (χ4n) is 5.76. The number of allylic oxidation sites excluding steroid dienone is 3. The summed E-state index contributed by atoms with van der Waals surface area (Å²) in [5.41, 5.74) is 2.83. The first-order valence-corrected chi connectivity index (χ1v) is 12.5. The lowest BCUT2D eigenvalue weighted by atomic mass is 9.90. The molecule has 0 N–H and O–H groups in total. The van der Waals surface area contributed by atoms with Crippen LogP contribution in [-0.2, 0) is 4.79 Å². The van der Waals surface area contributed by atoms with Crippen LogP contribution in [0, 0.1) is 31.6 Å². The Kier molecular flexibility index (Phi) is 5.05. The van der Waals surface area contributed by atoms with Crippen molar-refractivity contribution in [2.75, 3.05) is 31.1 Å². The molecule has 0 saturated carbocycles. The van der Waals surface area contributed by atoms with Gasteiger partial charge in [-0.1, -0.05) is 12.2 Å². The Morgan fingerprint density at radius 1 is 1.12 bits per heavy atom. The summed E-state index contributed by atoms with van der Waals surface area (Å²) < 4.78 is 13.9. The van der Waals surface area contributed by atoms with Crippen molar-refractivity contribution < 1.29 is 9.18 Å². The van der Waals surface area contributed by atoms with Crippen LogP contribution in [0.5, 0.6) is 0 Å². The summed E-state index contributed by atoms with van der Waals surface area (Å²) in [5, 5.41) is 8.57. The first-order valence-electron chi connectivity index (χ1n) is 11.5. The van der Waals surface area contributed by atoms with Gasteiger partial charge in [0.1, 0.15) is 11.7 Å². The molecule has 0 aromatic carbocycles. The minimum absolute atomic E-state index is 0.123. The standard InChI is InChI=1S/C24H27FN6OS/c1-14-8-15(2)27-24(26-14)30-11-16-9-29(10-17(16)12-30)23(32)21-19-6-5-18(25)13-31(19)28-22(21)20-4-3-7-33-20/h3,5-8,13,16-17,19-21H,4,9-12H2,1-2H3/t16-,17+,19?,20?,21?. The zero-order valence-corrected chi connectivity index (χ0v) is 19.6. The molecule has 0 bridgehead atoms. The summed E-state index contributed by atoms with van der Waals surface area (Å²) in [6.45, 7) is 7.22. The molecule has 1 aromatic heterocycles. The van der Waals surface area contributed by atoms with E-state index in [1.54, 1.807) is 22.8 Å². The molecule has 172 valence electrons. The van der Waals surface area contributed by atoms with Crippen molar-refractivity contribution >= 4 is 29.3 Å². The minimum atomic E-state index is -0.360. The summed E-state index contributed by atoms with van der Waals surface area (Å²) in [6, 6.07) is 1.75. The third kappa shape index (κ3) is 3.66. The first-order chi connectivity index (χ1) is 16.0. The Hall–Kier alpha value is -2.68. The van der Waals surface area contributed by atoms with Crippen LogP contribution in [0.2, 0.25) is 0 Å². The number of aryl methyl sites for hydroxylation is 2. The quantitative estimate of drug-likeness (QED) is 0.682. The maximum absolute atomic E-state index is 13.9. The molecule has 1 aromatic rings. The number of fused-ring (bicyclic) bond motifs is 2. The van der Waals surface area contributed by atoms with E-state index in [4.69, 9.17) is 5.10 Å². The maximum Gasteiger partial charge on any atom is 0.234 e. The summed E-state index contributed by atoms with van der Waals surface area (Å²) in [5.74, 6) is 1.06. The van der Waals surface area contributed by atoms with E-state index in [1.807, 2.05) is 24.8 Å². The number of carbonyl (C=O) groups excluding carboxylic acids is 1. The average molecular weight is 467 g/mol. The van der Waals surface area contributed by atoms with Gasteiger partial charge in [0.2, 0.25) is 11.9 Å². The molecule has 6 heterocycles. The second kappa shape index (κ2) is 7.97. The van der Waals surface area contributed by atoms with Crippen molar-refractivity contribution in [2.24, 2.45) is 22.9 Å². The molecule has 0 spiro atoms. The van der Waals surface area contributed by atoms with Crippen molar-refractivity contribution in [3.63, 3.8) is 0 Å². The van der Waals surface area contributed by atoms with E-state index in [9.17, 15) is 9.18 Å². The van der Waals surface area contributed by atoms with Gasteiger partial charge in [0.05, 0.1) is 23.2 Å². The zero-order chi connectivity index (χ0) is 22.7. The van der Waals surface area contributed by atoms with Gasteiger partial charge in [-0.3, -0.25) is 9.80 Å². The van der Waals surface area contributed by atoms with Crippen molar-refractivity contribution in [1.82, 2.24) is 19.9 Å². The molecule has 1 amide bonds. The highest BCUT2D eigenvalue weighted by Gasteiger charge is 2.49. The number of nitrogens with zero attached hydrogens (tertiary/aromatic N) is 6. The summed E-state index contributed by atoms with van der Waals surface area (Å²) in [7, 11) is 0. The summed E-state index contributed by atoms with van der Waals surface area (Å²) in [4.78, 5) is 27.4. The molecule has 6 rings (SSSR count). The monoisotopic (exact) mass is 466 g/mol. The van der Waals surface area contributed by atoms with Gasteiger partial charge >= 0.3 is 0 Å². The third-order valence-corrected chi connectivity index (χ3v) is 8.35. The van der Waals surface area contributed by atoms with Gasteiger partial charge in [0, 0.05) is 49.4 Å². The van der Waals surface area contributed by atoms with Crippen molar-refractivity contribution in [3.8, 4) is 0 Å². The second-order valence-corrected chi connectivity index (χ2v) is 10.7. The average Bonchev–Trinajstić information content (AvgIpc) is 3.53. The van der Waals surface area contributed by atoms with E-state index in [1.165, 1.54) is 12.3 Å². The number of carbonyl (C=O) groups is 1. The minimum Gasteiger partial charge on any atom is -0.341 e. The molecule has 5 aliphatic heterocycles. The number of anilines is 1. The van der Waals surface area contributed by atoms with Crippen molar-refractivity contribution in [1.29, 1.82) is 0 Å². The normalized spacial score (nSPS) is 32.3. The highest BCUT2D eigenvalue weighted by molar-refractivity contribution is 8.03.